The third kappa shape index (κ3) is 4.13. The second-order valence-corrected chi connectivity index (χ2v) is 7.85. The van der Waals surface area contributed by atoms with E-state index in [4.69, 9.17) is 0 Å². The lowest BCUT2D eigenvalue weighted by Crippen LogP contribution is -2.43. The molecule has 138 valence electrons. The standard InChI is InChI=1S/C22H26F2N2/c1-15(2)20-13-22(3,4)25-21(20)14-26(18-9-5-16(23)6-10-18)19-11-7-17(24)8-12-19/h5-12,21,25H,13-14H2,1-4H3. The van der Waals surface area contributed by atoms with Crippen molar-refractivity contribution < 1.29 is 8.78 Å². The Labute approximate surface area is 154 Å². The molecule has 1 aliphatic rings. The molecule has 3 rings (SSSR count). The van der Waals surface area contributed by atoms with Crippen molar-refractivity contribution in [2.24, 2.45) is 0 Å². The Kier molecular flexibility index (Phi) is 5.15. The Balaban J connectivity index is 1.97. The van der Waals surface area contributed by atoms with Gasteiger partial charge in [0, 0.05) is 29.5 Å². The fraction of sp³-hybridized carbons (Fsp3) is 0.364. The van der Waals surface area contributed by atoms with Crippen molar-refractivity contribution in [3.63, 3.8) is 0 Å². The summed E-state index contributed by atoms with van der Waals surface area (Å²) in [6.45, 7) is 9.39. The molecule has 0 radical (unpaired) electrons. The highest BCUT2D eigenvalue weighted by molar-refractivity contribution is 5.63. The van der Waals surface area contributed by atoms with Gasteiger partial charge in [0.2, 0.25) is 0 Å². The van der Waals surface area contributed by atoms with E-state index in [2.05, 4.69) is 37.9 Å². The molecule has 0 spiro atoms. The highest BCUT2D eigenvalue weighted by Crippen LogP contribution is 2.33. The number of allylic oxidation sites excluding steroid dienone is 1. The van der Waals surface area contributed by atoms with Crippen LogP contribution >= 0.6 is 0 Å². The molecule has 1 fully saturated rings. The molecule has 4 heteroatoms. The van der Waals surface area contributed by atoms with E-state index in [1.165, 1.54) is 35.4 Å². The van der Waals surface area contributed by atoms with Crippen molar-refractivity contribution in [1.82, 2.24) is 5.32 Å². The minimum absolute atomic E-state index is 0.0362. The number of hydrogen-bond acceptors (Lipinski definition) is 2. The van der Waals surface area contributed by atoms with E-state index in [0.29, 0.717) is 6.54 Å². The second kappa shape index (κ2) is 7.20. The number of anilines is 2. The molecule has 0 amide bonds. The van der Waals surface area contributed by atoms with Gasteiger partial charge in [0.15, 0.2) is 0 Å². The maximum atomic E-state index is 13.4. The summed E-state index contributed by atoms with van der Waals surface area (Å²) >= 11 is 0. The van der Waals surface area contributed by atoms with E-state index < -0.39 is 0 Å². The van der Waals surface area contributed by atoms with Crippen LogP contribution in [0.3, 0.4) is 0 Å². The molecule has 0 bridgehead atoms. The lowest BCUT2D eigenvalue weighted by atomic mass is 9.96. The van der Waals surface area contributed by atoms with Gasteiger partial charge in [-0.15, -0.1) is 0 Å². The molecule has 1 N–H and O–H groups in total. The Bertz CT molecular complexity index is 742. The van der Waals surface area contributed by atoms with Crippen molar-refractivity contribution in [1.29, 1.82) is 0 Å². The van der Waals surface area contributed by atoms with Crippen LogP contribution in [0.2, 0.25) is 0 Å². The zero-order valence-corrected chi connectivity index (χ0v) is 15.8. The molecule has 2 aromatic carbocycles. The van der Waals surface area contributed by atoms with Gasteiger partial charge >= 0.3 is 0 Å². The molecule has 26 heavy (non-hydrogen) atoms. The highest BCUT2D eigenvalue weighted by Gasteiger charge is 2.35. The van der Waals surface area contributed by atoms with Crippen molar-refractivity contribution in [2.45, 2.75) is 45.7 Å². The monoisotopic (exact) mass is 356 g/mol. The first-order valence-corrected chi connectivity index (χ1v) is 8.98. The maximum absolute atomic E-state index is 13.4. The lowest BCUT2D eigenvalue weighted by molar-refractivity contribution is 0.430. The van der Waals surface area contributed by atoms with Crippen molar-refractivity contribution in [3.8, 4) is 0 Å². The zero-order chi connectivity index (χ0) is 18.9. The van der Waals surface area contributed by atoms with Crippen LogP contribution in [0.15, 0.2) is 59.7 Å². The first-order valence-electron chi connectivity index (χ1n) is 8.98. The fourth-order valence-electron chi connectivity index (χ4n) is 3.67. The normalized spacial score (nSPS) is 18.8. The summed E-state index contributed by atoms with van der Waals surface area (Å²) in [6, 6.07) is 13.1. The number of nitrogens with one attached hydrogen (secondary N) is 1. The molecule has 1 aliphatic heterocycles. The number of halogens is 2. The number of benzene rings is 2. The van der Waals surface area contributed by atoms with E-state index in [-0.39, 0.29) is 23.2 Å². The molecule has 1 unspecified atom stereocenters. The minimum atomic E-state index is -0.266. The first kappa shape index (κ1) is 18.6. The van der Waals surface area contributed by atoms with Gasteiger partial charge in [-0.2, -0.15) is 0 Å². The Morgan fingerprint density at radius 1 is 0.962 bits per heavy atom. The average molecular weight is 356 g/mol. The van der Waals surface area contributed by atoms with E-state index in [1.54, 1.807) is 24.3 Å². The Morgan fingerprint density at radius 3 is 1.85 bits per heavy atom. The van der Waals surface area contributed by atoms with E-state index >= 15 is 0 Å². The van der Waals surface area contributed by atoms with Crippen LogP contribution in [-0.4, -0.2) is 18.1 Å². The largest absolute Gasteiger partial charge is 0.340 e. The number of hydrogen-bond donors (Lipinski definition) is 1. The van der Waals surface area contributed by atoms with E-state index in [1.807, 2.05) is 0 Å². The summed E-state index contributed by atoms with van der Waals surface area (Å²) < 4.78 is 26.8. The molecular formula is C22H26F2N2. The Morgan fingerprint density at radius 2 is 1.42 bits per heavy atom. The van der Waals surface area contributed by atoms with Gasteiger partial charge in [-0.25, -0.2) is 8.78 Å². The quantitative estimate of drug-likeness (QED) is 0.720. The highest BCUT2D eigenvalue weighted by atomic mass is 19.1. The first-order chi connectivity index (χ1) is 12.2. The van der Waals surface area contributed by atoms with Gasteiger partial charge in [0.05, 0.1) is 0 Å². The smallest absolute Gasteiger partial charge is 0.123 e. The van der Waals surface area contributed by atoms with Crippen LogP contribution in [0.5, 0.6) is 0 Å². The number of nitrogens with zero attached hydrogens (tertiary/aromatic N) is 1. The third-order valence-corrected chi connectivity index (χ3v) is 4.90. The zero-order valence-electron chi connectivity index (χ0n) is 15.8. The topological polar surface area (TPSA) is 15.3 Å². The summed E-state index contributed by atoms with van der Waals surface area (Å²) in [5.41, 5.74) is 4.54. The van der Waals surface area contributed by atoms with Gasteiger partial charge < -0.3 is 10.2 Å². The lowest BCUT2D eigenvalue weighted by Gasteiger charge is -2.30. The SMILES string of the molecule is CC(C)=C1CC(C)(C)NC1CN(c1ccc(F)cc1)c1ccc(F)cc1. The molecular weight excluding hydrogens is 330 g/mol. The summed E-state index contributed by atoms with van der Waals surface area (Å²) in [5, 5.41) is 3.71. The van der Waals surface area contributed by atoms with Crippen molar-refractivity contribution in [3.05, 3.63) is 71.3 Å². The third-order valence-electron chi connectivity index (χ3n) is 4.90. The number of rotatable bonds is 4. The van der Waals surface area contributed by atoms with Crippen LogP contribution in [-0.2, 0) is 0 Å². The van der Waals surface area contributed by atoms with Gasteiger partial charge in [0.1, 0.15) is 11.6 Å². The van der Waals surface area contributed by atoms with Crippen LogP contribution in [0.25, 0.3) is 0 Å². The summed E-state index contributed by atoms with van der Waals surface area (Å²) in [5.74, 6) is -0.532. The van der Waals surface area contributed by atoms with Crippen LogP contribution in [0.4, 0.5) is 20.2 Å². The summed E-state index contributed by atoms with van der Waals surface area (Å²) in [4.78, 5) is 2.11. The fourth-order valence-corrected chi connectivity index (χ4v) is 3.67. The predicted molar refractivity (Wildman–Crippen MR) is 104 cm³/mol. The molecule has 1 atom stereocenters. The van der Waals surface area contributed by atoms with Crippen molar-refractivity contribution >= 4 is 11.4 Å². The van der Waals surface area contributed by atoms with Gasteiger partial charge in [-0.1, -0.05) is 11.1 Å². The van der Waals surface area contributed by atoms with Gasteiger partial charge in [0.25, 0.3) is 0 Å². The molecule has 0 saturated carbocycles. The Hall–Kier alpha value is -2.20. The maximum Gasteiger partial charge on any atom is 0.123 e. The van der Waals surface area contributed by atoms with Crippen LogP contribution in [0.1, 0.15) is 34.1 Å². The molecule has 0 aromatic heterocycles. The molecule has 1 saturated heterocycles. The summed E-state index contributed by atoms with van der Waals surface area (Å²) in [6.07, 6.45) is 1.00. The molecule has 2 aromatic rings. The van der Waals surface area contributed by atoms with E-state index in [0.717, 1.165) is 17.8 Å². The van der Waals surface area contributed by atoms with E-state index in [9.17, 15) is 8.78 Å². The van der Waals surface area contributed by atoms with Gasteiger partial charge in [-0.3, -0.25) is 0 Å². The second-order valence-electron chi connectivity index (χ2n) is 7.85. The average Bonchev–Trinajstić information content (AvgIpc) is 2.89. The summed E-state index contributed by atoms with van der Waals surface area (Å²) in [7, 11) is 0. The molecule has 1 heterocycles. The molecule has 2 nitrogen and oxygen atoms in total. The van der Waals surface area contributed by atoms with Gasteiger partial charge in [-0.05, 0) is 82.6 Å². The minimum Gasteiger partial charge on any atom is -0.340 e. The van der Waals surface area contributed by atoms with Crippen LogP contribution < -0.4 is 10.2 Å². The van der Waals surface area contributed by atoms with Crippen molar-refractivity contribution in [2.75, 3.05) is 11.4 Å². The van der Waals surface area contributed by atoms with Crippen LogP contribution in [0, 0.1) is 11.6 Å². The predicted octanol–water partition coefficient (Wildman–Crippen LogP) is 5.58. The molecule has 0 aliphatic carbocycles.